The van der Waals surface area contributed by atoms with E-state index in [0.29, 0.717) is 50.3 Å². The Morgan fingerprint density at radius 2 is 1.35 bits per heavy atom. The van der Waals surface area contributed by atoms with Gasteiger partial charge in [0.2, 0.25) is 0 Å². The van der Waals surface area contributed by atoms with E-state index in [-0.39, 0.29) is 0 Å². The molecule has 1 heterocycles. The highest BCUT2D eigenvalue weighted by Crippen LogP contribution is 2.21. The number of halogens is 2. The van der Waals surface area contributed by atoms with Crippen molar-refractivity contribution in [3.63, 3.8) is 0 Å². The van der Waals surface area contributed by atoms with E-state index in [9.17, 15) is 8.78 Å². The molecule has 2 unspecified atom stereocenters. The number of rotatable bonds is 19. The Balaban J connectivity index is 1.64. The molecule has 0 radical (unpaired) electrons. The van der Waals surface area contributed by atoms with Crippen LogP contribution < -0.4 is 4.74 Å². The van der Waals surface area contributed by atoms with E-state index in [4.69, 9.17) is 4.74 Å². The third-order valence-corrected chi connectivity index (χ3v) is 6.31. The van der Waals surface area contributed by atoms with Gasteiger partial charge in [-0.3, -0.25) is 0 Å². The molecule has 2 rings (SSSR count). The van der Waals surface area contributed by atoms with Crippen LogP contribution in [0.2, 0.25) is 0 Å². The molecule has 0 spiro atoms. The Labute approximate surface area is 205 Å². The highest BCUT2D eigenvalue weighted by Gasteiger charge is 2.10. The van der Waals surface area contributed by atoms with Gasteiger partial charge in [-0.15, -0.1) is 0 Å². The highest BCUT2D eigenvalue weighted by molar-refractivity contribution is 5.55. The molecule has 0 aliphatic carbocycles. The van der Waals surface area contributed by atoms with Crippen molar-refractivity contribution >= 4 is 0 Å². The Morgan fingerprint density at radius 1 is 0.735 bits per heavy atom. The molecule has 0 fully saturated rings. The van der Waals surface area contributed by atoms with Crippen LogP contribution in [0.1, 0.15) is 103 Å². The van der Waals surface area contributed by atoms with Gasteiger partial charge in [0, 0.05) is 24.4 Å². The lowest BCUT2D eigenvalue weighted by atomic mass is 10.1. The number of hydrogen-bond acceptors (Lipinski definition) is 3. The second-order valence-electron chi connectivity index (χ2n) is 9.34. The fourth-order valence-electron chi connectivity index (χ4n) is 4.01. The summed E-state index contributed by atoms with van der Waals surface area (Å²) in [6.07, 6.45) is 16.0. The van der Waals surface area contributed by atoms with Crippen molar-refractivity contribution in [2.24, 2.45) is 0 Å². The summed E-state index contributed by atoms with van der Waals surface area (Å²) in [5.74, 6) is 1.41. The summed E-state index contributed by atoms with van der Waals surface area (Å²) in [5, 5.41) is 0. The lowest BCUT2D eigenvalue weighted by molar-refractivity contribution is 0.214. The van der Waals surface area contributed by atoms with Crippen molar-refractivity contribution < 1.29 is 13.5 Å². The number of nitrogens with zero attached hydrogens (tertiary/aromatic N) is 2. The first-order valence-corrected chi connectivity index (χ1v) is 13.4. The topological polar surface area (TPSA) is 35.0 Å². The smallest absolute Gasteiger partial charge is 0.159 e. The van der Waals surface area contributed by atoms with Crippen molar-refractivity contribution in [3.05, 3.63) is 42.2 Å². The van der Waals surface area contributed by atoms with Gasteiger partial charge in [0.25, 0.3) is 0 Å². The standard InChI is InChI=1S/C29H44F2N2O/c1-3-5-6-7-8-9-10-11-13-24-22-32-29(33-23-24)25-16-18-28(19-17-25)34-21-20-27(31)15-12-14-26(30)4-2/h16-19,22-23,26-27H,3-15,20-21H2,1-2H3. The van der Waals surface area contributed by atoms with E-state index in [0.717, 1.165) is 12.0 Å². The second kappa shape index (κ2) is 17.4. The number of benzene rings is 1. The summed E-state index contributed by atoms with van der Waals surface area (Å²) in [6.45, 7) is 4.39. The van der Waals surface area contributed by atoms with Crippen molar-refractivity contribution in [3.8, 4) is 17.1 Å². The fourth-order valence-corrected chi connectivity index (χ4v) is 4.01. The van der Waals surface area contributed by atoms with Crippen LogP contribution in [0.25, 0.3) is 11.4 Å². The van der Waals surface area contributed by atoms with Gasteiger partial charge in [-0.25, -0.2) is 18.7 Å². The third-order valence-electron chi connectivity index (χ3n) is 6.31. The number of hydrogen-bond donors (Lipinski definition) is 0. The van der Waals surface area contributed by atoms with E-state index in [1.807, 2.05) is 43.6 Å². The van der Waals surface area contributed by atoms with E-state index in [1.165, 1.54) is 56.9 Å². The number of aromatic nitrogens is 2. The zero-order valence-electron chi connectivity index (χ0n) is 21.3. The van der Waals surface area contributed by atoms with Crippen LogP contribution in [0.5, 0.6) is 5.75 Å². The van der Waals surface area contributed by atoms with E-state index < -0.39 is 12.3 Å². The Kier molecular flexibility index (Phi) is 14.4. The molecule has 5 heteroatoms. The SMILES string of the molecule is CCCCCCCCCCc1cnc(-c2ccc(OCCC(F)CCCC(F)CC)cc2)nc1. The zero-order chi connectivity index (χ0) is 24.4. The predicted molar refractivity (Wildman–Crippen MR) is 138 cm³/mol. The summed E-state index contributed by atoms with van der Waals surface area (Å²) in [6, 6.07) is 7.61. The molecule has 1 aromatic carbocycles. The summed E-state index contributed by atoms with van der Waals surface area (Å²) < 4.78 is 32.8. The molecule has 0 aliphatic rings. The Bertz CT molecular complexity index is 752. The molecule has 3 nitrogen and oxygen atoms in total. The molecule has 0 aliphatic heterocycles. The van der Waals surface area contributed by atoms with Crippen LogP contribution in [-0.2, 0) is 6.42 Å². The van der Waals surface area contributed by atoms with Crippen LogP contribution in [0.4, 0.5) is 8.78 Å². The Hall–Kier alpha value is -2.04. The number of ether oxygens (including phenoxy) is 1. The average molecular weight is 475 g/mol. The predicted octanol–water partition coefficient (Wildman–Crippen LogP) is 8.85. The van der Waals surface area contributed by atoms with Gasteiger partial charge in [-0.1, -0.05) is 58.8 Å². The van der Waals surface area contributed by atoms with E-state index >= 15 is 0 Å². The summed E-state index contributed by atoms with van der Waals surface area (Å²) >= 11 is 0. The van der Waals surface area contributed by atoms with Gasteiger partial charge < -0.3 is 4.74 Å². The van der Waals surface area contributed by atoms with E-state index in [2.05, 4.69) is 16.9 Å². The summed E-state index contributed by atoms with van der Waals surface area (Å²) in [5.41, 5.74) is 2.12. The molecule has 190 valence electrons. The molecule has 1 aromatic heterocycles. The third kappa shape index (κ3) is 11.9. The van der Waals surface area contributed by atoms with Gasteiger partial charge in [0.05, 0.1) is 12.8 Å². The fraction of sp³-hybridized carbons (Fsp3) is 0.655. The lowest BCUT2D eigenvalue weighted by Gasteiger charge is -2.11. The minimum absolute atomic E-state index is 0.317. The van der Waals surface area contributed by atoms with Crippen LogP contribution in [0.3, 0.4) is 0 Å². The normalized spacial score (nSPS) is 13.1. The van der Waals surface area contributed by atoms with Crippen LogP contribution in [0.15, 0.2) is 36.7 Å². The minimum Gasteiger partial charge on any atom is -0.493 e. The molecule has 0 bridgehead atoms. The highest BCUT2D eigenvalue weighted by atomic mass is 19.1. The quantitative estimate of drug-likeness (QED) is 0.191. The second-order valence-corrected chi connectivity index (χ2v) is 9.34. The monoisotopic (exact) mass is 474 g/mol. The summed E-state index contributed by atoms with van der Waals surface area (Å²) in [7, 11) is 0. The molecule has 34 heavy (non-hydrogen) atoms. The van der Waals surface area contributed by atoms with Crippen molar-refractivity contribution in [1.29, 1.82) is 0 Å². The molecule has 2 aromatic rings. The van der Waals surface area contributed by atoms with Crippen LogP contribution >= 0.6 is 0 Å². The lowest BCUT2D eigenvalue weighted by Crippen LogP contribution is -2.09. The molecule has 0 saturated carbocycles. The maximum Gasteiger partial charge on any atom is 0.159 e. The first kappa shape index (κ1) is 28.2. The maximum atomic E-state index is 13.9. The van der Waals surface area contributed by atoms with E-state index in [1.54, 1.807) is 0 Å². The minimum atomic E-state index is -0.943. The number of aryl methyl sites for hydroxylation is 1. The van der Waals surface area contributed by atoms with Crippen molar-refractivity contribution in [2.75, 3.05) is 6.61 Å². The van der Waals surface area contributed by atoms with Crippen molar-refractivity contribution in [1.82, 2.24) is 9.97 Å². The largest absolute Gasteiger partial charge is 0.493 e. The number of unbranched alkanes of at least 4 members (excludes halogenated alkanes) is 7. The Morgan fingerprint density at radius 3 is 2.00 bits per heavy atom. The van der Waals surface area contributed by atoms with Gasteiger partial charge in [0.1, 0.15) is 11.9 Å². The summed E-state index contributed by atoms with van der Waals surface area (Å²) in [4.78, 5) is 9.06. The first-order chi connectivity index (χ1) is 16.6. The molecule has 0 saturated heterocycles. The molecular formula is C29H44F2N2O. The van der Waals surface area contributed by atoms with Gasteiger partial charge in [0.15, 0.2) is 5.82 Å². The van der Waals surface area contributed by atoms with Gasteiger partial charge >= 0.3 is 0 Å². The van der Waals surface area contributed by atoms with Crippen molar-refractivity contribution in [2.45, 2.75) is 116 Å². The van der Waals surface area contributed by atoms with Crippen LogP contribution in [-0.4, -0.2) is 28.9 Å². The maximum absolute atomic E-state index is 13.9. The van der Waals surface area contributed by atoms with Crippen LogP contribution in [0, 0.1) is 0 Å². The molecular weight excluding hydrogens is 430 g/mol. The average Bonchev–Trinajstić information content (AvgIpc) is 2.86. The first-order valence-electron chi connectivity index (χ1n) is 13.4. The zero-order valence-corrected chi connectivity index (χ0v) is 21.3. The molecule has 0 amide bonds. The van der Waals surface area contributed by atoms with Gasteiger partial charge in [-0.2, -0.15) is 0 Å². The molecule has 2 atom stereocenters. The van der Waals surface area contributed by atoms with Gasteiger partial charge in [-0.05, 0) is 68.4 Å². The number of alkyl halides is 2. The molecule has 0 N–H and O–H groups in total.